The van der Waals surface area contributed by atoms with Crippen LogP contribution in [0.25, 0.3) is 0 Å². The van der Waals surface area contributed by atoms with E-state index in [9.17, 15) is 0 Å². The summed E-state index contributed by atoms with van der Waals surface area (Å²) < 4.78 is 10.7. The molecule has 0 aliphatic heterocycles. The Bertz CT molecular complexity index is 853. The van der Waals surface area contributed by atoms with Crippen molar-refractivity contribution in [2.24, 2.45) is 0 Å². The van der Waals surface area contributed by atoms with E-state index in [0.717, 1.165) is 22.8 Å². The minimum absolute atomic E-state index is 0.524. The summed E-state index contributed by atoms with van der Waals surface area (Å²) in [7, 11) is 3.25. The van der Waals surface area contributed by atoms with Crippen LogP contribution in [-0.2, 0) is 0 Å². The molecule has 0 fully saturated rings. The van der Waals surface area contributed by atoms with Crippen LogP contribution in [0.4, 0.5) is 23.1 Å². The Kier molecular flexibility index (Phi) is 4.99. The fourth-order valence-electron chi connectivity index (χ4n) is 2.39. The van der Waals surface area contributed by atoms with Gasteiger partial charge in [0.1, 0.15) is 17.3 Å². The number of benzene rings is 2. The largest absolute Gasteiger partial charge is 0.497 e. The molecular weight excluding hydrogens is 316 g/mol. The van der Waals surface area contributed by atoms with Gasteiger partial charge in [-0.25, -0.2) is 4.98 Å². The third kappa shape index (κ3) is 4.17. The lowest BCUT2D eigenvalue weighted by Gasteiger charge is -2.13. The number of methoxy groups -OCH3 is 2. The minimum Gasteiger partial charge on any atom is -0.497 e. The Hall–Kier alpha value is -3.28. The summed E-state index contributed by atoms with van der Waals surface area (Å²) >= 11 is 0. The number of hydrogen-bond donors (Lipinski definition) is 2. The van der Waals surface area contributed by atoms with E-state index in [0.29, 0.717) is 17.5 Å². The van der Waals surface area contributed by atoms with Crippen molar-refractivity contribution >= 4 is 23.1 Å². The van der Waals surface area contributed by atoms with Crippen molar-refractivity contribution in [3.05, 3.63) is 60.3 Å². The highest BCUT2D eigenvalue weighted by molar-refractivity contribution is 5.67. The SMILES string of the molecule is COc1ccc(OC)c(Nc2cc(C)nc(Nc3ccccc3)n2)c1. The number of aromatic nitrogens is 2. The molecule has 0 atom stereocenters. The number of ether oxygens (including phenoxy) is 2. The van der Waals surface area contributed by atoms with E-state index in [-0.39, 0.29) is 0 Å². The molecule has 0 radical (unpaired) electrons. The zero-order chi connectivity index (χ0) is 17.6. The average molecular weight is 336 g/mol. The number of nitrogens with one attached hydrogen (secondary N) is 2. The van der Waals surface area contributed by atoms with Gasteiger partial charge in [0, 0.05) is 23.5 Å². The van der Waals surface area contributed by atoms with E-state index < -0.39 is 0 Å². The second-order valence-corrected chi connectivity index (χ2v) is 5.40. The first-order valence-electron chi connectivity index (χ1n) is 7.85. The van der Waals surface area contributed by atoms with Gasteiger partial charge in [0.15, 0.2) is 0 Å². The van der Waals surface area contributed by atoms with Crippen LogP contribution in [0.1, 0.15) is 5.69 Å². The zero-order valence-electron chi connectivity index (χ0n) is 14.4. The normalized spacial score (nSPS) is 10.2. The highest BCUT2D eigenvalue weighted by atomic mass is 16.5. The second-order valence-electron chi connectivity index (χ2n) is 5.40. The second kappa shape index (κ2) is 7.53. The van der Waals surface area contributed by atoms with Gasteiger partial charge in [-0.05, 0) is 31.2 Å². The maximum Gasteiger partial charge on any atom is 0.229 e. The molecule has 128 valence electrons. The Morgan fingerprint density at radius 2 is 1.64 bits per heavy atom. The van der Waals surface area contributed by atoms with Crippen LogP contribution in [0.2, 0.25) is 0 Å². The first-order chi connectivity index (χ1) is 12.2. The quantitative estimate of drug-likeness (QED) is 0.700. The van der Waals surface area contributed by atoms with Gasteiger partial charge in [0.2, 0.25) is 5.95 Å². The van der Waals surface area contributed by atoms with Gasteiger partial charge in [-0.3, -0.25) is 0 Å². The Morgan fingerprint density at radius 3 is 2.36 bits per heavy atom. The molecule has 3 aromatic rings. The molecule has 1 heterocycles. The van der Waals surface area contributed by atoms with Crippen LogP contribution < -0.4 is 20.1 Å². The molecule has 1 aromatic heterocycles. The molecule has 0 aliphatic carbocycles. The summed E-state index contributed by atoms with van der Waals surface area (Å²) in [6.45, 7) is 1.92. The average Bonchev–Trinajstić information content (AvgIpc) is 2.62. The van der Waals surface area contributed by atoms with Crippen LogP contribution in [0.5, 0.6) is 11.5 Å². The van der Waals surface area contributed by atoms with Crippen LogP contribution >= 0.6 is 0 Å². The van der Waals surface area contributed by atoms with Crippen molar-refractivity contribution < 1.29 is 9.47 Å². The summed E-state index contributed by atoms with van der Waals surface area (Å²) in [4.78, 5) is 8.95. The van der Waals surface area contributed by atoms with Crippen molar-refractivity contribution in [3.63, 3.8) is 0 Å². The number of anilines is 4. The van der Waals surface area contributed by atoms with Gasteiger partial charge in [-0.1, -0.05) is 18.2 Å². The molecule has 0 spiro atoms. The number of nitrogens with zero attached hydrogens (tertiary/aromatic N) is 2. The molecule has 0 unspecified atom stereocenters. The van der Waals surface area contributed by atoms with E-state index in [4.69, 9.17) is 9.47 Å². The highest BCUT2D eigenvalue weighted by Gasteiger charge is 2.08. The zero-order valence-corrected chi connectivity index (χ0v) is 14.4. The molecular formula is C19H20N4O2. The molecule has 0 aliphatic rings. The molecule has 6 nitrogen and oxygen atoms in total. The van der Waals surface area contributed by atoms with Crippen LogP contribution in [-0.4, -0.2) is 24.2 Å². The van der Waals surface area contributed by atoms with E-state index in [1.54, 1.807) is 14.2 Å². The van der Waals surface area contributed by atoms with Gasteiger partial charge in [-0.2, -0.15) is 4.98 Å². The third-order valence-corrected chi connectivity index (χ3v) is 3.55. The lowest BCUT2D eigenvalue weighted by atomic mass is 10.2. The molecule has 2 aromatic carbocycles. The van der Waals surface area contributed by atoms with Crippen LogP contribution in [0.3, 0.4) is 0 Å². The lowest BCUT2D eigenvalue weighted by molar-refractivity contribution is 0.405. The fraction of sp³-hybridized carbons (Fsp3) is 0.158. The van der Waals surface area contributed by atoms with Gasteiger partial charge in [0.05, 0.1) is 19.9 Å². The number of hydrogen-bond acceptors (Lipinski definition) is 6. The van der Waals surface area contributed by atoms with Gasteiger partial charge < -0.3 is 20.1 Å². The highest BCUT2D eigenvalue weighted by Crippen LogP contribution is 2.31. The van der Waals surface area contributed by atoms with Crippen molar-refractivity contribution in [2.45, 2.75) is 6.92 Å². The predicted octanol–water partition coefficient (Wildman–Crippen LogP) is 4.29. The van der Waals surface area contributed by atoms with Crippen LogP contribution in [0.15, 0.2) is 54.6 Å². The van der Waals surface area contributed by atoms with Crippen molar-refractivity contribution in [3.8, 4) is 11.5 Å². The molecule has 0 saturated heterocycles. The summed E-state index contributed by atoms with van der Waals surface area (Å²) in [5, 5.41) is 6.47. The smallest absolute Gasteiger partial charge is 0.229 e. The Morgan fingerprint density at radius 1 is 0.840 bits per heavy atom. The van der Waals surface area contributed by atoms with Gasteiger partial charge in [0.25, 0.3) is 0 Å². The maximum atomic E-state index is 5.40. The third-order valence-electron chi connectivity index (χ3n) is 3.55. The molecule has 0 bridgehead atoms. The Labute approximate surface area is 146 Å². The lowest BCUT2D eigenvalue weighted by Crippen LogP contribution is -2.03. The van der Waals surface area contributed by atoms with E-state index in [1.165, 1.54) is 0 Å². The monoisotopic (exact) mass is 336 g/mol. The molecule has 3 rings (SSSR count). The predicted molar refractivity (Wildman–Crippen MR) is 99.3 cm³/mol. The summed E-state index contributed by atoms with van der Waals surface area (Å²) in [6.07, 6.45) is 0. The number of para-hydroxylation sites is 1. The van der Waals surface area contributed by atoms with Gasteiger partial charge in [-0.15, -0.1) is 0 Å². The maximum absolute atomic E-state index is 5.40. The number of aryl methyl sites for hydroxylation is 1. The van der Waals surface area contributed by atoms with E-state index in [1.807, 2.05) is 61.5 Å². The summed E-state index contributed by atoms with van der Waals surface area (Å²) in [5.41, 5.74) is 2.54. The minimum atomic E-state index is 0.524. The Balaban J connectivity index is 1.88. The van der Waals surface area contributed by atoms with Crippen molar-refractivity contribution in [1.29, 1.82) is 0 Å². The summed E-state index contributed by atoms with van der Waals surface area (Å²) in [6, 6.07) is 17.2. The molecule has 0 saturated carbocycles. The molecule has 2 N–H and O–H groups in total. The molecule has 6 heteroatoms. The van der Waals surface area contributed by atoms with Gasteiger partial charge >= 0.3 is 0 Å². The fourth-order valence-corrected chi connectivity index (χ4v) is 2.39. The van der Waals surface area contributed by atoms with Crippen LogP contribution in [0, 0.1) is 6.92 Å². The van der Waals surface area contributed by atoms with Crippen molar-refractivity contribution in [1.82, 2.24) is 9.97 Å². The topological polar surface area (TPSA) is 68.3 Å². The van der Waals surface area contributed by atoms with Crippen molar-refractivity contribution in [2.75, 3.05) is 24.9 Å². The molecule has 0 amide bonds. The summed E-state index contributed by atoms with van der Waals surface area (Å²) in [5.74, 6) is 2.62. The first kappa shape index (κ1) is 16.6. The number of rotatable bonds is 6. The standard InChI is InChI=1S/C19H20N4O2/c1-13-11-18(22-16-12-15(24-2)9-10-17(16)25-3)23-19(20-13)21-14-7-5-4-6-8-14/h4-12H,1-3H3,(H2,20,21,22,23). The first-order valence-corrected chi connectivity index (χ1v) is 7.85. The molecule has 25 heavy (non-hydrogen) atoms. The van der Waals surface area contributed by atoms with E-state index >= 15 is 0 Å². The van der Waals surface area contributed by atoms with E-state index in [2.05, 4.69) is 20.6 Å².